The van der Waals surface area contributed by atoms with E-state index in [-0.39, 0.29) is 5.60 Å². The molecule has 1 fully saturated rings. The van der Waals surface area contributed by atoms with Crippen molar-refractivity contribution in [2.24, 2.45) is 17.8 Å². The molecular weight excluding hydrogens is 164 g/mol. The van der Waals surface area contributed by atoms with E-state index in [2.05, 4.69) is 26.0 Å². The van der Waals surface area contributed by atoms with E-state index in [1.807, 2.05) is 0 Å². The van der Waals surface area contributed by atoms with Crippen LogP contribution in [-0.4, -0.2) is 18.5 Å². The zero-order valence-electron chi connectivity index (χ0n) is 8.19. The molecule has 3 atom stereocenters. The Kier molecular flexibility index (Phi) is 2.03. The van der Waals surface area contributed by atoms with Crippen molar-refractivity contribution >= 4 is 6.29 Å². The highest BCUT2D eigenvalue weighted by atomic mass is 16.5. The van der Waals surface area contributed by atoms with Gasteiger partial charge < -0.3 is 9.53 Å². The van der Waals surface area contributed by atoms with Gasteiger partial charge in [0.2, 0.25) is 0 Å². The van der Waals surface area contributed by atoms with Crippen LogP contribution in [0.5, 0.6) is 0 Å². The van der Waals surface area contributed by atoms with Gasteiger partial charge in [-0.2, -0.15) is 0 Å². The van der Waals surface area contributed by atoms with Crippen molar-refractivity contribution in [3.05, 3.63) is 12.2 Å². The van der Waals surface area contributed by atoms with Crippen LogP contribution in [0.15, 0.2) is 12.2 Å². The molecular formula is C11H16O2. The van der Waals surface area contributed by atoms with Gasteiger partial charge in [-0.3, -0.25) is 0 Å². The minimum Gasteiger partial charge on any atom is -0.375 e. The van der Waals surface area contributed by atoms with Gasteiger partial charge in [-0.15, -0.1) is 0 Å². The molecule has 0 spiro atoms. The number of hydrogen-bond acceptors (Lipinski definition) is 2. The number of allylic oxidation sites excluding steroid dienone is 1. The minimum absolute atomic E-state index is 0.0290. The molecule has 1 aliphatic carbocycles. The molecule has 72 valence electrons. The average molecular weight is 180 g/mol. The van der Waals surface area contributed by atoms with Crippen LogP contribution in [0.2, 0.25) is 0 Å². The lowest BCUT2D eigenvalue weighted by molar-refractivity contribution is -0.108. The quantitative estimate of drug-likeness (QED) is 0.478. The van der Waals surface area contributed by atoms with Gasteiger partial charge in [0.25, 0.3) is 0 Å². The highest BCUT2D eigenvalue weighted by molar-refractivity contribution is 5.50. The van der Waals surface area contributed by atoms with Crippen molar-refractivity contribution in [3.63, 3.8) is 0 Å². The summed E-state index contributed by atoms with van der Waals surface area (Å²) >= 11 is 0. The third-order valence-corrected chi connectivity index (χ3v) is 3.40. The summed E-state index contributed by atoms with van der Waals surface area (Å²) < 4.78 is 5.72. The predicted molar refractivity (Wildman–Crippen MR) is 50.3 cm³/mol. The second-order valence-corrected chi connectivity index (χ2v) is 4.56. The molecule has 0 amide bonds. The Hall–Kier alpha value is -0.630. The van der Waals surface area contributed by atoms with Crippen LogP contribution < -0.4 is 0 Å². The first kappa shape index (κ1) is 8.95. The highest BCUT2D eigenvalue weighted by Crippen LogP contribution is 2.45. The Morgan fingerprint density at radius 1 is 1.54 bits per heavy atom. The molecule has 1 saturated heterocycles. The van der Waals surface area contributed by atoms with E-state index in [1.165, 1.54) is 0 Å². The van der Waals surface area contributed by atoms with Crippen LogP contribution in [-0.2, 0) is 9.53 Å². The first-order valence-electron chi connectivity index (χ1n) is 4.91. The van der Waals surface area contributed by atoms with Crippen molar-refractivity contribution in [2.45, 2.75) is 25.9 Å². The van der Waals surface area contributed by atoms with Crippen LogP contribution in [0.25, 0.3) is 0 Å². The summed E-state index contributed by atoms with van der Waals surface area (Å²) in [6.45, 7) is 5.07. The summed E-state index contributed by atoms with van der Waals surface area (Å²) in [6, 6.07) is 0. The van der Waals surface area contributed by atoms with Crippen LogP contribution in [0, 0.1) is 17.8 Å². The average Bonchev–Trinajstić information content (AvgIpc) is 2.57. The third kappa shape index (κ3) is 1.33. The first-order valence-corrected chi connectivity index (χ1v) is 4.91. The van der Waals surface area contributed by atoms with Gasteiger partial charge in [0.15, 0.2) is 0 Å². The number of carbonyl (C=O) groups is 1. The van der Waals surface area contributed by atoms with Gasteiger partial charge >= 0.3 is 0 Å². The lowest BCUT2D eigenvalue weighted by atomic mass is 9.82. The first-order chi connectivity index (χ1) is 6.15. The number of ether oxygens (including phenoxy) is 1. The fraction of sp³-hybridized carbons (Fsp3) is 0.727. The van der Waals surface area contributed by atoms with E-state index in [0.717, 1.165) is 12.9 Å². The Labute approximate surface area is 79.0 Å². The van der Waals surface area contributed by atoms with E-state index in [0.29, 0.717) is 24.2 Å². The Morgan fingerprint density at radius 2 is 2.31 bits per heavy atom. The van der Waals surface area contributed by atoms with Gasteiger partial charge in [0.1, 0.15) is 6.29 Å². The van der Waals surface area contributed by atoms with Crippen molar-refractivity contribution in [3.8, 4) is 0 Å². The second kappa shape index (κ2) is 2.95. The zero-order chi connectivity index (χ0) is 9.47. The van der Waals surface area contributed by atoms with E-state index < -0.39 is 0 Å². The maximum atomic E-state index is 10.4. The molecule has 2 rings (SSSR count). The number of hydrogen-bond donors (Lipinski definition) is 0. The maximum absolute atomic E-state index is 10.4. The lowest BCUT2D eigenvalue weighted by Gasteiger charge is -2.23. The number of fused-ring (bicyclic) bond motifs is 1. The molecule has 2 nitrogen and oxygen atoms in total. The van der Waals surface area contributed by atoms with E-state index in [1.54, 1.807) is 0 Å². The van der Waals surface area contributed by atoms with Crippen LogP contribution in [0.4, 0.5) is 0 Å². The molecule has 2 aliphatic rings. The molecule has 0 saturated carbocycles. The summed E-state index contributed by atoms with van der Waals surface area (Å²) in [4.78, 5) is 10.4. The lowest BCUT2D eigenvalue weighted by Crippen LogP contribution is -2.27. The number of aldehydes is 1. The number of rotatable bonds is 2. The summed E-state index contributed by atoms with van der Waals surface area (Å²) in [5.41, 5.74) is -0.0290. The van der Waals surface area contributed by atoms with Crippen LogP contribution in [0.3, 0.4) is 0 Å². The normalized spacial score (nSPS) is 40.6. The van der Waals surface area contributed by atoms with Crippen LogP contribution in [0.1, 0.15) is 20.3 Å². The summed E-state index contributed by atoms with van der Waals surface area (Å²) in [6.07, 6.45) is 6.08. The molecule has 0 aromatic rings. The van der Waals surface area contributed by atoms with Crippen LogP contribution >= 0.6 is 0 Å². The molecule has 1 heterocycles. The summed E-state index contributed by atoms with van der Waals surface area (Å²) in [7, 11) is 0. The second-order valence-electron chi connectivity index (χ2n) is 4.56. The molecule has 3 unspecified atom stereocenters. The van der Waals surface area contributed by atoms with Gasteiger partial charge in [-0.1, -0.05) is 12.2 Å². The SMILES string of the molecule is CC1(C)OCC2C(CC=O)C=CC21. The van der Waals surface area contributed by atoms with Crippen molar-refractivity contribution in [2.75, 3.05) is 6.61 Å². The molecule has 0 aromatic heterocycles. The standard InChI is InChI=1S/C11H16O2/c1-11(2)10-4-3-8(5-6-12)9(10)7-13-11/h3-4,6,8-10H,5,7H2,1-2H3. The summed E-state index contributed by atoms with van der Waals surface area (Å²) in [5.74, 6) is 1.47. The molecule has 0 radical (unpaired) electrons. The smallest absolute Gasteiger partial charge is 0.120 e. The topological polar surface area (TPSA) is 26.3 Å². The molecule has 13 heavy (non-hydrogen) atoms. The molecule has 2 heteroatoms. The fourth-order valence-corrected chi connectivity index (χ4v) is 2.56. The highest BCUT2D eigenvalue weighted by Gasteiger charge is 2.46. The van der Waals surface area contributed by atoms with Crippen molar-refractivity contribution < 1.29 is 9.53 Å². The predicted octanol–water partition coefficient (Wildman–Crippen LogP) is 1.80. The maximum Gasteiger partial charge on any atom is 0.120 e. The monoisotopic (exact) mass is 180 g/mol. The Bertz CT molecular complexity index is 242. The van der Waals surface area contributed by atoms with Gasteiger partial charge in [0.05, 0.1) is 12.2 Å². The third-order valence-electron chi connectivity index (χ3n) is 3.40. The van der Waals surface area contributed by atoms with E-state index >= 15 is 0 Å². The molecule has 0 bridgehead atoms. The fourth-order valence-electron chi connectivity index (χ4n) is 2.56. The molecule has 0 N–H and O–H groups in total. The zero-order valence-corrected chi connectivity index (χ0v) is 8.19. The van der Waals surface area contributed by atoms with Gasteiger partial charge in [-0.25, -0.2) is 0 Å². The van der Waals surface area contributed by atoms with Gasteiger partial charge in [0, 0.05) is 12.3 Å². The van der Waals surface area contributed by atoms with Crippen molar-refractivity contribution in [1.82, 2.24) is 0 Å². The largest absolute Gasteiger partial charge is 0.375 e. The van der Waals surface area contributed by atoms with E-state index in [9.17, 15) is 4.79 Å². The number of carbonyl (C=O) groups excluding carboxylic acids is 1. The minimum atomic E-state index is -0.0290. The van der Waals surface area contributed by atoms with E-state index in [4.69, 9.17) is 4.74 Å². The molecule has 0 aromatic carbocycles. The summed E-state index contributed by atoms with van der Waals surface area (Å²) in [5, 5.41) is 0. The Balaban J connectivity index is 2.12. The Morgan fingerprint density at radius 3 is 3.00 bits per heavy atom. The van der Waals surface area contributed by atoms with Crippen molar-refractivity contribution in [1.29, 1.82) is 0 Å². The molecule has 1 aliphatic heterocycles. The van der Waals surface area contributed by atoms with Gasteiger partial charge in [-0.05, 0) is 25.7 Å².